The van der Waals surface area contributed by atoms with Gasteiger partial charge in [-0.05, 0) is 23.6 Å². The number of aldehydes is 1. The molecule has 16 heavy (non-hydrogen) atoms. The van der Waals surface area contributed by atoms with E-state index in [0.717, 1.165) is 12.7 Å². The van der Waals surface area contributed by atoms with Gasteiger partial charge in [0.1, 0.15) is 5.75 Å². The molecule has 2 nitrogen and oxygen atoms in total. The minimum absolute atomic E-state index is 0.603. The molecule has 1 aromatic carbocycles. The summed E-state index contributed by atoms with van der Waals surface area (Å²) in [5.41, 5.74) is 0.605. The van der Waals surface area contributed by atoms with Gasteiger partial charge in [0.25, 0.3) is 0 Å². The third-order valence-corrected chi connectivity index (χ3v) is 3.17. The van der Waals surface area contributed by atoms with E-state index in [-0.39, 0.29) is 0 Å². The van der Waals surface area contributed by atoms with E-state index in [4.69, 9.17) is 4.74 Å². The van der Waals surface area contributed by atoms with Crippen molar-refractivity contribution in [2.45, 2.75) is 6.42 Å². The average molecular weight is 232 g/mol. The summed E-state index contributed by atoms with van der Waals surface area (Å²) in [5.74, 6) is 0.661. The number of hydrogen-bond donors (Lipinski definition) is 0. The van der Waals surface area contributed by atoms with E-state index in [9.17, 15) is 4.79 Å². The van der Waals surface area contributed by atoms with Crippen molar-refractivity contribution in [3.8, 4) is 5.75 Å². The van der Waals surface area contributed by atoms with Crippen molar-refractivity contribution >= 4 is 17.6 Å². The third-order valence-electron chi connectivity index (χ3n) is 2.23. The third kappa shape index (κ3) is 2.70. The molecule has 0 aliphatic carbocycles. The lowest BCUT2D eigenvalue weighted by molar-refractivity contribution is 0.111. The van der Waals surface area contributed by atoms with Gasteiger partial charge in [-0.25, -0.2) is 0 Å². The molecule has 1 heterocycles. The number of hydrogen-bond acceptors (Lipinski definition) is 3. The zero-order valence-electron chi connectivity index (χ0n) is 8.76. The van der Waals surface area contributed by atoms with Crippen LogP contribution >= 0.6 is 11.3 Å². The highest BCUT2D eigenvalue weighted by Crippen LogP contribution is 2.16. The Kier molecular flexibility index (Phi) is 3.72. The van der Waals surface area contributed by atoms with E-state index in [1.165, 1.54) is 4.88 Å². The van der Waals surface area contributed by atoms with Gasteiger partial charge in [-0.1, -0.05) is 18.2 Å². The van der Waals surface area contributed by atoms with Crippen LogP contribution in [0.2, 0.25) is 0 Å². The lowest BCUT2D eigenvalue weighted by Crippen LogP contribution is -2.01. The number of ether oxygens (including phenoxy) is 1. The first-order chi connectivity index (χ1) is 7.90. The number of carbonyl (C=O) groups is 1. The highest BCUT2D eigenvalue weighted by Gasteiger charge is 2.01. The Morgan fingerprint density at radius 2 is 2.06 bits per heavy atom. The summed E-state index contributed by atoms with van der Waals surface area (Å²) < 4.78 is 5.58. The average Bonchev–Trinajstić information content (AvgIpc) is 2.83. The standard InChI is InChI=1S/C13H12O2S/c14-10-11-4-1-2-6-13(11)15-8-7-12-5-3-9-16-12/h1-6,9-10H,7-8H2. The van der Waals surface area contributed by atoms with Crippen LogP contribution in [0.1, 0.15) is 15.2 Å². The zero-order valence-corrected chi connectivity index (χ0v) is 9.57. The van der Waals surface area contributed by atoms with Gasteiger partial charge in [0, 0.05) is 11.3 Å². The summed E-state index contributed by atoms with van der Waals surface area (Å²) in [6.07, 6.45) is 1.70. The number of para-hydroxylation sites is 1. The van der Waals surface area contributed by atoms with Gasteiger partial charge in [0.2, 0.25) is 0 Å². The molecule has 0 bridgehead atoms. The van der Waals surface area contributed by atoms with Crippen molar-refractivity contribution in [2.24, 2.45) is 0 Å². The molecule has 0 atom stereocenters. The molecule has 1 aromatic heterocycles. The number of carbonyl (C=O) groups excluding carboxylic acids is 1. The molecular formula is C13H12O2S. The van der Waals surface area contributed by atoms with Crippen LogP contribution in [-0.2, 0) is 6.42 Å². The van der Waals surface area contributed by atoms with Crippen LogP contribution < -0.4 is 4.74 Å². The Bertz CT molecular complexity index is 449. The van der Waals surface area contributed by atoms with Gasteiger partial charge < -0.3 is 4.74 Å². The molecule has 2 rings (SSSR count). The zero-order chi connectivity index (χ0) is 11.2. The Hall–Kier alpha value is -1.61. The summed E-state index contributed by atoms with van der Waals surface area (Å²) in [5, 5.41) is 2.05. The summed E-state index contributed by atoms with van der Waals surface area (Å²) >= 11 is 1.72. The van der Waals surface area contributed by atoms with Gasteiger partial charge in [-0.3, -0.25) is 4.79 Å². The maximum absolute atomic E-state index is 10.7. The van der Waals surface area contributed by atoms with Crippen LogP contribution in [0, 0.1) is 0 Å². The lowest BCUT2D eigenvalue weighted by atomic mass is 10.2. The first-order valence-electron chi connectivity index (χ1n) is 5.09. The van der Waals surface area contributed by atoms with Gasteiger partial charge >= 0.3 is 0 Å². The maximum Gasteiger partial charge on any atom is 0.153 e. The molecule has 0 N–H and O–H groups in total. The fourth-order valence-electron chi connectivity index (χ4n) is 1.43. The molecule has 82 valence electrons. The first-order valence-corrected chi connectivity index (χ1v) is 5.97. The largest absolute Gasteiger partial charge is 0.492 e. The van der Waals surface area contributed by atoms with Crippen molar-refractivity contribution in [3.05, 3.63) is 52.2 Å². The Morgan fingerprint density at radius 1 is 1.19 bits per heavy atom. The summed E-state index contributed by atoms with van der Waals surface area (Å²) in [4.78, 5) is 12.0. The van der Waals surface area contributed by atoms with E-state index in [2.05, 4.69) is 11.4 Å². The molecule has 0 spiro atoms. The van der Waals surface area contributed by atoms with Crippen molar-refractivity contribution < 1.29 is 9.53 Å². The summed E-state index contributed by atoms with van der Waals surface area (Å²) in [7, 11) is 0. The molecule has 3 heteroatoms. The lowest BCUT2D eigenvalue weighted by Gasteiger charge is -2.06. The predicted octanol–water partition coefficient (Wildman–Crippen LogP) is 3.18. The Labute approximate surface area is 98.5 Å². The quantitative estimate of drug-likeness (QED) is 0.740. The highest BCUT2D eigenvalue weighted by molar-refractivity contribution is 7.09. The minimum Gasteiger partial charge on any atom is -0.492 e. The normalized spacial score (nSPS) is 10.0. The predicted molar refractivity (Wildman–Crippen MR) is 65.3 cm³/mol. The molecular weight excluding hydrogens is 220 g/mol. The fraction of sp³-hybridized carbons (Fsp3) is 0.154. The van der Waals surface area contributed by atoms with E-state index in [0.29, 0.717) is 17.9 Å². The summed E-state index contributed by atoms with van der Waals surface area (Å²) in [6.45, 7) is 0.603. The molecule has 0 aliphatic heterocycles. The monoisotopic (exact) mass is 232 g/mol. The number of benzene rings is 1. The molecule has 0 unspecified atom stereocenters. The van der Waals surface area contributed by atoms with Crippen LogP contribution in [0.3, 0.4) is 0 Å². The highest BCUT2D eigenvalue weighted by atomic mass is 32.1. The van der Waals surface area contributed by atoms with Crippen molar-refractivity contribution in [1.29, 1.82) is 0 Å². The van der Waals surface area contributed by atoms with E-state index in [1.54, 1.807) is 17.4 Å². The van der Waals surface area contributed by atoms with Crippen LogP contribution in [-0.4, -0.2) is 12.9 Å². The smallest absolute Gasteiger partial charge is 0.153 e. The first kappa shape index (κ1) is 10.9. The van der Waals surface area contributed by atoms with Crippen molar-refractivity contribution in [2.75, 3.05) is 6.61 Å². The second-order valence-corrected chi connectivity index (χ2v) is 4.37. The van der Waals surface area contributed by atoms with E-state index >= 15 is 0 Å². The van der Waals surface area contributed by atoms with Gasteiger partial charge in [0.15, 0.2) is 6.29 Å². The second-order valence-electron chi connectivity index (χ2n) is 3.33. The summed E-state index contributed by atoms with van der Waals surface area (Å²) in [6, 6.07) is 11.4. The van der Waals surface area contributed by atoms with Crippen molar-refractivity contribution in [3.63, 3.8) is 0 Å². The van der Waals surface area contributed by atoms with E-state index < -0.39 is 0 Å². The van der Waals surface area contributed by atoms with E-state index in [1.807, 2.05) is 24.3 Å². The molecule has 0 fully saturated rings. The minimum atomic E-state index is 0.603. The Balaban J connectivity index is 1.92. The van der Waals surface area contributed by atoms with Gasteiger partial charge in [0.05, 0.1) is 12.2 Å². The van der Waals surface area contributed by atoms with Gasteiger partial charge in [-0.15, -0.1) is 11.3 Å². The number of thiophene rings is 1. The number of rotatable bonds is 5. The second kappa shape index (κ2) is 5.47. The molecule has 0 saturated heterocycles. The molecule has 0 saturated carbocycles. The molecule has 0 aliphatic rings. The van der Waals surface area contributed by atoms with Crippen molar-refractivity contribution in [1.82, 2.24) is 0 Å². The SMILES string of the molecule is O=Cc1ccccc1OCCc1cccs1. The molecule has 0 radical (unpaired) electrons. The topological polar surface area (TPSA) is 26.3 Å². The van der Waals surface area contributed by atoms with Crippen LogP contribution in [0.5, 0.6) is 5.75 Å². The Morgan fingerprint density at radius 3 is 2.81 bits per heavy atom. The van der Waals surface area contributed by atoms with Crippen LogP contribution in [0.25, 0.3) is 0 Å². The van der Waals surface area contributed by atoms with Gasteiger partial charge in [-0.2, -0.15) is 0 Å². The maximum atomic E-state index is 10.7. The molecule has 0 amide bonds. The van der Waals surface area contributed by atoms with Crippen LogP contribution in [0.4, 0.5) is 0 Å². The van der Waals surface area contributed by atoms with Crippen LogP contribution in [0.15, 0.2) is 41.8 Å². The molecule has 2 aromatic rings. The fourth-order valence-corrected chi connectivity index (χ4v) is 2.12.